The highest BCUT2D eigenvalue weighted by Crippen LogP contribution is 2.35. The first-order valence-corrected chi connectivity index (χ1v) is 11.7. The van der Waals surface area contributed by atoms with Gasteiger partial charge in [0.15, 0.2) is 0 Å². The highest BCUT2D eigenvalue weighted by molar-refractivity contribution is 5.78. The van der Waals surface area contributed by atoms with Crippen LogP contribution in [0, 0.1) is 5.82 Å². The number of amides is 1. The number of nitrogens with zero attached hydrogens (tertiary/aromatic N) is 5. The summed E-state index contributed by atoms with van der Waals surface area (Å²) in [7, 11) is 3.81. The fourth-order valence-corrected chi connectivity index (χ4v) is 4.87. The van der Waals surface area contributed by atoms with Crippen molar-refractivity contribution >= 4 is 11.9 Å². The molecular formula is C25H34FN5O. The van der Waals surface area contributed by atoms with Crippen LogP contribution in [-0.2, 0) is 4.79 Å². The van der Waals surface area contributed by atoms with E-state index in [1.165, 1.54) is 25.3 Å². The minimum Gasteiger partial charge on any atom is -0.347 e. The molecule has 2 aliphatic rings. The molecule has 0 N–H and O–H groups in total. The van der Waals surface area contributed by atoms with Crippen molar-refractivity contribution in [3.8, 4) is 11.1 Å². The third kappa shape index (κ3) is 4.93. The smallest absolute Gasteiger partial charge is 0.236 e. The maximum absolute atomic E-state index is 14.6. The zero-order valence-electron chi connectivity index (χ0n) is 19.4. The molecule has 1 atom stereocenters. The summed E-state index contributed by atoms with van der Waals surface area (Å²) in [5.41, 5.74) is 2.16. The molecule has 3 heterocycles. The molecule has 1 aromatic heterocycles. The summed E-state index contributed by atoms with van der Waals surface area (Å²) in [6, 6.07) is 7.28. The van der Waals surface area contributed by atoms with Crippen LogP contribution < -0.4 is 4.90 Å². The molecule has 172 valence electrons. The third-order valence-corrected chi connectivity index (χ3v) is 6.88. The van der Waals surface area contributed by atoms with Gasteiger partial charge in [0.1, 0.15) is 5.82 Å². The van der Waals surface area contributed by atoms with Gasteiger partial charge < -0.3 is 9.80 Å². The normalized spacial score (nSPS) is 20.4. The SMILES string of the molecule is C[C@H]1CCCCN1CC(=O)N1CCC(c2nc(N(C)C)ncc2-c2ccccc2F)CC1. The minimum atomic E-state index is -0.266. The minimum absolute atomic E-state index is 0.171. The summed E-state index contributed by atoms with van der Waals surface area (Å²) in [6.07, 6.45) is 7.01. The van der Waals surface area contributed by atoms with Crippen LogP contribution in [0.3, 0.4) is 0 Å². The van der Waals surface area contributed by atoms with E-state index in [9.17, 15) is 9.18 Å². The Kier molecular flexibility index (Phi) is 7.04. The second-order valence-corrected chi connectivity index (χ2v) is 9.31. The Bertz CT molecular complexity index is 942. The van der Waals surface area contributed by atoms with Crippen molar-refractivity contribution in [1.29, 1.82) is 0 Å². The zero-order chi connectivity index (χ0) is 22.7. The molecule has 2 aliphatic heterocycles. The van der Waals surface area contributed by atoms with Crippen LogP contribution in [0.25, 0.3) is 11.1 Å². The Labute approximate surface area is 190 Å². The molecule has 4 rings (SSSR count). The predicted octanol–water partition coefficient (Wildman–Crippen LogP) is 3.93. The number of anilines is 1. The Morgan fingerprint density at radius 1 is 1.09 bits per heavy atom. The standard InChI is InChI=1S/C25H34FN5O/c1-18-8-6-7-13-31(18)17-23(32)30-14-11-19(12-15-30)24-21(16-27-25(28-24)29(2)3)20-9-4-5-10-22(20)26/h4-5,9-10,16,18-19H,6-8,11-15,17H2,1-3H3/t18-/m0/s1. The van der Waals surface area contributed by atoms with Crippen molar-refractivity contribution in [3.63, 3.8) is 0 Å². The van der Waals surface area contributed by atoms with Crippen LogP contribution in [0.4, 0.5) is 10.3 Å². The van der Waals surface area contributed by atoms with Gasteiger partial charge in [0, 0.05) is 56.5 Å². The zero-order valence-corrected chi connectivity index (χ0v) is 19.4. The number of benzene rings is 1. The number of carbonyl (C=O) groups excluding carboxylic acids is 1. The Morgan fingerprint density at radius 2 is 1.84 bits per heavy atom. The lowest BCUT2D eigenvalue weighted by molar-refractivity contribution is -0.134. The first-order chi connectivity index (χ1) is 15.4. The summed E-state index contributed by atoms with van der Waals surface area (Å²) in [4.78, 5) is 28.4. The van der Waals surface area contributed by atoms with Crippen molar-refractivity contribution in [2.45, 2.75) is 51.0 Å². The molecule has 2 saturated heterocycles. The Hall–Kier alpha value is -2.54. The maximum Gasteiger partial charge on any atom is 0.236 e. The molecule has 6 nitrogen and oxygen atoms in total. The predicted molar refractivity (Wildman–Crippen MR) is 125 cm³/mol. The molecule has 0 saturated carbocycles. The van der Waals surface area contributed by atoms with Crippen LogP contribution in [0.1, 0.15) is 50.6 Å². The monoisotopic (exact) mass is 439 g/mol. The van der Waals surface area contributed by atoms with Gasteiger partial charge in [-0.15, -0.1) is 0 Å². The largest absolute Gasteiger partial charge is 0.347 e. The molecule has 0 unspecified atom stereocenters. The second kappa shape index (κ2) is 9.94. The number of hydrogen-bond donors (Lipinski definition) is 0. The molecule has 2 aromatic rings. The first-order valence-electron chi connectivity index (χ1n) is 11.7. The van der Waals surface area contributed by atoms with E-state index in [1.807, 2.05) is 30.0 Å². The average molecular weight is 440 g/mol. The van der Waals surface area contributed by atoms with Crippen LogP contribution in [-0.4, -0.2) is 72.0 Å². The summed E-state index contributed by atoms with van der Waals surface area (Å²) in [5, 5.41) is 0. The van der Waals surface area contributed by atoms with E-state index in [4.69, 9.17) is 4.98 Å². The number of carbonyl (C=O) groups is 1. The summed E-state index contributed by atoms with van der Waals surface area (Å²) < 4.78 is 14.6. The van der Waals surface area contributed by atoms with E-state index >= 15 is 0 Å². The number of aromatic nitrogens is 2. The molecular weight excluding hydrogens is 405 g/mol. The fourth-order valence-electron chi connectivity index (χ4n) is 4.87. The average Bonchev–Trinajstić information content (AvgIpc) is 2.80. The number of piperidine rings is 2. The van der Waals surface area contributed by atoms with Gasteiger partial charge >= 0.3 is 0 Å². The van der Waals surface area contributed by atoms with Crippen molar-refractivity contribution in [2.24, 2.45) is 0 Å². The van der Waals surface area contributed by atoms with Crippen molar-refractivity contribution in [2.75, 3.05) is 45.2 Å². The first kappa shape index (κ1) is 22.6. The number of likely N-dealkylation sites (tertiary alicyclic amines) is 2. The Balaban J connectivity index is 1.49. The van der Waals surface area contributed by atoms with Gasteiger partial charge in [-0.25, -0.2) is 14.4 Å². The third-order valence-electron chi connectivity index (χ3n) is 6.88. The number of rotatable bonds is 5. The highest BCUT2D eigenvalue weighted by atomic mass is 19.1. The van der Waals surface area contributed by atoms with Gasteiger partial charge in [0.05, 0.1) is 12.2 Å². The van der Waals surface area contributed by atoms with E-state index in [1.54, 1.807) is 18.3 Å². The van der Waals surface area contributed by atoms with E-state index in [0.717, 1.165) is 30.6 Å². The van der Waals surface area contributed by atoms with Gasteiger partial charge in [-0.3, -0.25) is 9.69 Å². The van der Waals surface area contributed by atoms with Crippen molar-refractivity contribution in [3.05, 3.63) is 42.0 Å². The van der Waals surface area contributed by atoms with Crippen molar-refractivity contribution < 1.29 is 9.18 Å². The molecule has 0 aliphatic carbocycles. The van der Waals surface area contributed by atoms with E-state index < -0.39 is 0 Å². The molecule has 32 heavy (non-hydrogen) atoms. The van der Waals surface area contributed by atoms with E-state index in [-0.39, 0.29) is 17.6 Å². The van der Waals surface area contributed by atoms with Crippen LogP contribution in [0.5, 0.6) is 0 Å². The van der Waals surface area contributed by atoms with Gasteiger partial charge in [-0.2, -0.15) is 0 Å². The summed E-state index contributed by atoms with van der Waals surface area (Å²) >= 11 is 0. The second-order valence-electron chi connectivity index (χ2n) is 9.31. The van der Waals surface area contributed by atoms with Crippen molar-refractivity contribution in [1.82, 2.24) is 19.8 Å². The number of halogens is 1. The lowest BCUT2D eigenvalue weighted by Gasteiger charge is -2.37. The molecule has 2 fully saturated rings. The van der Waals surface area contributed by atoms with Crippen LogP contribution in [0.2, 0.25) is 0 Å². The Morgan fingerprint density at radius 3 is 2.53 bits per heavy atom. The van der Waals surface area contributed by atoms with Gasteiger partial charge in [0.2, 0.25) is 11.9 Å². The molecule has 0 radical (unpaired) electrons. The van der Waals surface area contributed by atoms with E-state index in [0.29, 0.717) is 37.2 Å². The number of hydrogen-bond acceptors (Lipinski definition) is 5. The van der Waals surface area contributed by atoms with Gasteiger partial charge in [-0.05, 0) is 45.2 Å². The summed E-state index contributed by atoms with van der Waals surface area (Å²) in [6.45, 7) is 5.18. The van der Waals surface area contributed by atoms with Crippen LogP contribution >= 0.6 is 0 Å². The molecule has 1 aromatic carbocycles. The molecule has 1 amide bonds. The topological polar surface area (TPSA) is 52.6 Å². The fraction of sp³-hybridized carbons (Fsp3) is 0.560. The molecule has 0 spiro atoms. The van der Waals surface area contributed by atoms with Crippen LogP contribution in [0.15, 0.2) is 30.5 Å². The highest BCUT2D eigenvalue weighted by Gasteiger charge is 2.29. The van der Waals surface area contributed by atoms with E-state index in [2.05, 4.69) is 16.8 Å². The lowest BCUT2D eigenvalue weighted by Crippen LogP contribution is -2.47. The quantitative estimate of drug-likeness (QED) is 0.707. The molecule has 7 heteroatoms. The molecule has 0 bridgehead atoms. The lowest BCUT2D eigenvalue weighted by atomic mass is 9.88. The maximum atomic E-state index is 14.6. The van der Waals surface area contributed by atoms with Gasteiger partial charge in [0.25, 0.3) is 0 Å². The summed E-state index contributed by atoms with van der Waals surface area (Å²) in [5.74, 6) is 0.753. The van der Waals surface area contributed by atoms with Gasteiger partial charge in [-0.1, -0.05) is 24.6 Å².